The van der Waals surface area contributed by atoms with E-state index in [1.165, 1.54) is 11.0 Å². The number of likely N-dealkylation sites (tertiary alicyclic amines) is 1. The Bertz CT molecular complexity index is 766. The Morgan fingerprint density at radius 3 is 3.09 bits per heavy atom. The lowest BCUT2D eigenvalue weighted by molar-refractivity contribution is -0.133. The van der Waals surface area contributed by atoms with E-state index >= 15 is 0 Å². The fourth-order valence-corrected chi connectivity index (χ4v) is 3.95. The van der Waals surface area contributed by atoms with Crippen LogP contribution < -0.4 is 0 Å². The first-order valence-corrected chi connectivity index (χ1v) is 7.98. The van der Waals surface area contributed by atoms with Crippen LogP contribution in [0.2, 0.25) is 0 Å². The summed E-state index contributed by atoms with van der Waals surface area (Å²) in [5.41, 5.74) is 1.00. The molecule has 3 aromatic rings. The predicted octanol–water partition coefficient (Wildman–Crippen LogP) is 1.65. The highest BCUT2D eigenvalue weighted by Crippen LogP contribution is 2.36. The summed E-state index contributed by atoms with van der Waals surface area (Å²) in [4.78, 5) is 19.1. The van der Waals surface area contributed by atoms with Gasteiger partial charge in [-0.15, -0.1) is 16.4 Å². The molecule has 2 aromatic heterocycles. The molecule has 0 spiro atoms. The Balaban J connectivity index is 1.58. The standard InChI is InChI=1S/C14H14N6OS/c21-13(8-19-9-15-17-18-19)20-7-3-5-11(20)14-16-10-4-1-2-6-12(10)22-14/h1-2,4,6,9,11H,3,5,7-8H2/t11-/m0/s1. The molecule has 1 saturated heterocycles. The SMILES string of the molecule is O=C(Cn1cnnn1)N1CCC[C@H]1c1nc2ccccc2s1. The lowest BCUT2D eigenvalue weighted by Gasteiger charge is -2.22. The van der Waals surface area contributed by atoms with Crippen molar-refractivity contribution in [2.75, 3.05) is 6.54 Å². The highest BCUT2D eigenvalue weighted by molar-refractivity contribution is 7.18. The average molecular weight is 314 g/mol. The Labute approximate surface area is 130 Å². The van der Waals surface area contributed by atoms with E-state index < -0.39 is 0 Å². The number of hydrogen-bond donors (Lipinski definition) is 0. The van der Waals surface area contributed by atoms with E-state index in [9.17, 15) is 4.79 Å². The van der Waals surface area contributed by atoms with Gasteiger partial charge < -0.3 is 4.90 Å². The van der Waals surface area contributed by atoms with Crippen LogP contribution in [0, 0.1) is 0 Å². The Kier molecular flexibility index (Phi) is 3.30. The van der Waals surface area contributed by atoms with Gasteiger partial charge in [-0.3, -0.25) is 4.79 Å². The second kappa shape index (κ2) is 5.45. The lowest BCUT2D eigenvalue weighted by Crippen LogP contribution is -2.33. The number of carbonyl (C=O) groups excluding carboxylic acids is 1. The van der Waals surface area contributed by atoms with Crippen molar-refractivity contribution in [3.8, 4) is 0 Å². The van der Waals surface area contributed by atoms with Gasteiger partial charge in [0.25, 0.3) is 0 Å². The molecule has 1 amide bonds. The fraction of sp³-hybridized carbons (Fsp3) is 0.357. The molecule has 112 valence electrons. The number of fused-ring (bicyclic) bond motifs is 1. The van der Waals surface area contributed by atoms with Crippen molar-refractivity contribution in [1.29, 1.82) is 0 Å². The zero-order valence-corrected chi connectivity index (χ0v) is 12.6. The molecule has 1 aliphatic rings. The van der Waals surface area contributed by atoms with Crippen molar-refractivity contribution in [3.63, 3.8) is 0 Å². The maximum Gasteiger partial charge on any atom is 0.245 e. The predicted molar refractivity (Wildman–Crippen MR) is 81.1 cm³/mol. The summed E-state index contributed by atoms with van der Waals surface area (Å²) in [6.45, 7) is 0.940. The van der Waals surface area contributed by atoms with E-state index in [1.54, 1.807) is 11.3 Å². The van der Waals surface area contributed by atoms with Gasteiger partial charge in [0.1, 0.15) is 17.9 Å². The molecule has 0 saturated carbocycles. The molecule has 4 rings (SSSR count). The van der Waals surface area contributed by atoms with Gasteiger partial charge in [-0.25, -0.2) is 9.67 Å². The number of benzene rings is 1. The van der Waals surface area contributed by atoms with Gasteiger partial charge in [0, 0.05) is 6.54 Å². The van der Waals surface area contributed by atoms with Crippen molar-refractivity contribution >= 4 is 27.5 Å². The van der Waals surface area contributed by atoms with Crippen LogP contribution in [-0.2, 0) is 11.3 Å². The molecule has 1 atom stereocenters. The molecule has 8 heteroatoms. The third kappa shape index (κ3) is 2.35. The van der Waals surface area contributed by atoms with Crippen LogP contribution in [0.15, 0.2) is 30.6 Å². The number of carbonyl (C=O) groups is 1. The zero-order valence-electron chi connectivity index (χ0n) is 11.8. The molecule has 3 heterocycles. The Morgan fingerprint density at radius 1 is 1.36 bits per heavy atom. The van der Waals surface area contributed by atoms with Crippen molar-refractivity contribution < 1.29 is 4.79 Å². The molecule has 1 aromatic carbocycles. The van der Waals surface area contributed by atoms with Crippen LogP contribution in [0.3, 0.4) is 0 Å². The third-order valence-electron chi connectivity index (χ3n) is 3.86. The number of hydrogen-bond acceptors (Lipinski definition) is 6. The first-order chi connectivity index (χ1) is 10.8. The third-order valence-corrected chi connectivity index (χ3v) is 4.99. The van der Waals surface area contributed by atoms with Gasteiger partial charge in [-0.2, -0.15) is 0 Å². The quantitative estimate of drug-likeness (QED) is 0.734. The molecule has 0 N–H and O–H groups in total. The second-order valence-electron chi connectivity index (χ2n) is 5.27. The molecule has 22 heavy (non-hydrogen) atoms. The minimum absolute atomic E-state index is 0.0362. The Hall–Kier alpha value is -2.35. The molecule has 1 fully saturated rings. The average Bonchev–Trinajstić information content (AvgIpc) is 3.26. The van der Waals surface area contributed by atoms with E-state index in [1.807, 2.05) is 23.1 Å². The molecule has 0 bridgehead atoms. The number of rotatable bonds is 3. The fourth-order valence-electron chi connectivity index (χ4n) is 2.84. The first-order valence-electron chi connectivity index (χ1n) is 7.17. The van der Waals surface area contributed by atoms with Gasteiger partial charge in [-0.1, -0.05) is 12.1 Å². The maximum absolute atomic E-state index is 12.5. The minimum Gasteiger partial charge on any atom is -0.332 e. The lowest BCUT2D eigenvalue weighted by atomic mass is 10.2. The Morgan fingerprint density at radius 2 is 2.27 bits per heavy atom. The van der Waals surface area contributed by atoms with Gasteiger partial charge in [0.2, 0.25) is 5.91 Å². The zero-order chi connectivity index (χ0) is 14.9. The highest BCUT2D eigenvalue weighted by atomic mass is 32.1. The van der Waals surface area contributed by atoms with Gasteiger partial charge >= 0.3 is 0 Å². The number of amides is 1. The highest BCUT2D eigenvalue weighted by Gasteiger charge is 2.32. The van der Waals surface area contributed by atoms with Crippen molar-refractivity contribution in [3.05, 3.63) is 35.6 Å². The summed E-state index contributed by atoms with van der Waals surface area (Å²) < 4.78 is 2.62. The minimum atomic E-state index is 0.0362. The van der Waals surface area contributed by atoms with Gasteiger partial charge in [-0.05, 0) is 35.4 Å². The smallest absolute Gasteiger partial charge is 0.245 e. The van der Waals surface area contributed by atoms with Crippen molar-refractivity contribution in [2.24, 2.45) is 0 Å². The van der Waals surface area contributed by atoms with Crippen molar-refractivity contribution in [2.45, 2.75) is 25.4 Å². The molecule has 0 aliphatic carbocycles. The van der Waals surface area contributed by atoms with E-state index in [2.05, 4.69) is 21.6 Å². The van der Waals surface area contributed by atoms with Crippen molar-refractivity contribution in [1.82, 2.24) is 30.1 Å². The van der Waals surface area contributed by atoms with Crippen LogP contribution in [-0.4, -0.2) is 42.5 Å². The first kappa shape index (κ1) is 13.3. The summed E-state index contributed by atoms with van der Waals surface area (Å²) in [7, 11) is 0. The van der Waals surface area contributed by atoms with Crippen LogP contribution in [0.25, 0.3) is 10.2 Å². The summed E-state index contributed by atoms with van der Waals surface area (Å²) in [5.74, 6) is 0.0362. The molecule has 0 unspecified atom stereocenters. The molecular formula is C14H14N6OS. The summed E-state index contributed by atoms with van der Waals surface area (Å²) in [5, 5.41) is 11.9. The molecular weight excluding hydrogens is 300 g/mol. The molecule has 0 radical (unpaired) electrons. The molecule has 1 aliphatic heterocycles. The van der Waals surface area contributed by atoms with Crippen LogP contribution in [0.5, 0.6) is 0 Å². The van der Waals surface area contributed by atoms with Gasteiger partial charge in [0.15, 0.2) is 0 Å². The van der Waals surface area contributed by atoms with Crippen LogP contribution in [0.4, 0.5) is 0 Å². The summed E-state index contributed by atoms with van der Waals surface area (Å²) in [6, 6.07) is 8.15. The number of nitrogens with zero attached hydrogens (tertiary/aromatic N) is 6. The van der Waals surface area contributed by atoms with Gasteiger partial charge in [0.05, 0.1) is 16.3 Å². The number of aromatic nitrogens is 5. The topological polar surface area (TPSA) is 76.8 Å². The van der Waals surface area contributed by atoms with E-state index in [4.69, 9.17) is 4.98 Å². The largest absolute Gasteiger partial charge is 0.332 e. The van der Waals surface area contributed by atoms with E-state index in [-0.39, 0.29) is 18.5 Å². The summed E-state index contributed by atoms with van der Waals surface area (Å²) >= 11 is 1.67. The number of thiazole rings is 1. The van der Waals surface area contributed by atoms with Crippen LogP contribution in [0.1, 0.15) is 23.9 Å². The second-order valence-corrected chi connectivity index (χ2v) is 6.33. The molecule has 7 nitrogen and oxygen atoms in total. The maximum atomic E-state index is 12.5. The van der Waals surface area contributed by atoms with Crippen LogP contribution >= 0.6 is 11.3 Å². The number of tetrazole rings is 1. The summed E-state index contributed by atoms with van der Waals surface area (Å²) in [6.07, 6.45) is 3.42. The normalized spacial score (nSPS) is 18.2. The van der Waals surface area contributed by atoms with E-state index in [0.29, 0.717) is 0 Å². The number of para-hydroxylation sites is 1. The van der Waals surface area contributed by atoms with E-state index in [0.717, 1.165) is 34.6 Å². The monoisotopic (exact) mass is 314 g/mol.